The highest BCUT2D eigenvalue weighted by atomic mass is 16.5. The van der Waals surface area contributed by atoms with E-state index in [1.807, 2.05) is 37.3 Å². The monoisotopic (exact) mass is 206 g/mol. The summed E-state index contributed by atoms with van der Waals surface area (Å²) in [5, 5.41) is 3.63. The van der Waals surface area contributed by atoms with E-state index < -0.39 is 0 Å². The molecule has 0 spiro atoms. The highest BCUT2D eigenvalue weighted by Gasteiger charge is 1.98. The van der Waals surface area contributed by atoms with E-state index in [2.05, 4.69) is 10.5 Å². The molecule has 1 rings (SSSR count). The minimum absolute atomic E-state index is 0.127. The van der Waals surface area contributed by atoms with Gasteiger partial charge >= 0.3 is 0 Å². The third-order valence-corrected chi connectivity index (χ3v) is 1.77. The van der Waals surface area contributed by atoms with E-state index in [1.165, 1.54) is 6.21 Å². The Bertz CT molecular complexity index is 312. The van der Waals surface area contributed by atoms with Crippen molar-refractivity contribution in [1.29, 1.82) is 0 Å². The number of ether oxygens (including phenoxy) is 1. The Balaban J connectivity index is 2.28. The largest absolute Gasteiger partial charge is 0.368 e. The lowest BCUT2D eigenvalue weighted by atomic mass is 10.2. The van der Waals surface area contributed by atoms with Crippen LogP contribution >= 0.6 is 0 Å². The molecule has 0 saturated carbocycles. The van der Waals surface area contributed by atoms with Gasteiger partial charge in [0, 0.05) is 0 Å². The van der Waals surface area contributed by atoms with Crippen LogP contribution in [0.15, 0.2) is 35.4 Å². The molecule has 15 heavy (non-hydrogen) atoms. The van der Waals surface area contributed by atoms with Crippen molar-refractivity contribution < 1.29 is 9.53 Å². The van der Waals surface area contributed by atoms with E-state index in [4.69, 9.17) is 4.74 Å². The van der Waals surface area contributed by atoms with Gasteiger partial charge in [0.15, 0.2) is 0 Å². The fraction of sp³-hybridized carbons (Fsp3) is 0.273. The molecule has 0 aliphatic carbocycles. The Morgan fingerprint density at radius 1 is 1.47 bits per heavy atom. The van der Waals surface area contributed by atoms with E-state index in [9.17, 15) is 4.79 Å². The van der Waals surface area contributed by atoms with Crippen LogP contribution in [0, 0.1) is 0 Å². The molecular weight excluding hydrogens is 192 g/mol. The maximum atomic E-state index is 9.90. The Morgan fingerprint density at radius 2 is 2.20 bits per heavy atom. The van der Waals surface area contributed by atoms with Crippen LogP contribution in [0.5, 0.6) is 0 Å². The van der Waals surface area contributed by atoms with Gasteiger partial charge in [0.2, 0.25) is 6.41 Å². The van der Waals surface area contributed by atoms with Gasteiger partial charge in [0.25, 0.3) is 0 Å². The van der Waals surface area contributed by atoms with E-state index in [1.54, 1.807) is 0 Å². The number of carbonyl (C=O) groups excluding carboxylic acids is 1. The van der Waals surface area contributed by atoms with Crippen LogP contribution in [0.4, 0.5) is 0 Å². The standard InChI is InChI=1S/C11H14N2O2/c1-10(7-12-13-9-14)15-8-11-5-3-2-4-6-11/h2-7,9-10H,8H2,1H3,(H,13,14)/b12-7+/t10-/m0/s1. The molecule has 0 fully saturated rings. The molecule has 1 amide bonds. The first-order valence-corrected chi connectivity index (χ1v) is 4.71. The SMILES string of the molecule is C[C@@H](/C=N/NC=O)OCc1ccccc1. The van der Waals surface area contributed by atoms with Crippen molar-refractivity contribution in [3.63, 3.8) is 0 Å². The number of hydrogen-bond acceptors (Lipinski definition) is 3. The number of nitrogens with zero attached hydrogens (tertiary/aromatic N) is 1. The predicted octanol–water partition coefficient (Wildman–Crippen LogP) is 1.32. The maximum absolute atomic E-state index is 9.90. The lowest BCUT2D eigenvalue weighted by Crippen LogP contribution is -2.12. The van der Waals surface area contributed by atoms with Gasteiger partial charge in [-0.3, -0.25) is 4.79 Å². The van der Waals surface area contributed by atoms with Crippen molar-refractivity contribution in [2.45, 2.75) is 19.6 Å². The van der Waals surface area contributed by atoms with Gasteiger partial charge in [0.1, 0.15) is 0 Å². The molecule has 0 aliphatic heterocycles. The minimum atomic E-state index is -0.127. The Labute approximate surface area is 88.9 Å². The normalized spacial score (nSPS) is 12.6. The van der Waals surface area contributed by atoms with Gasteiger partial charge in [-0.15, -0.1) is 0 Å². The van der Waals surface area contributed by atoms with Crippen LogP contribution in [0.3, 0.4) is 0 Å². The van der Waals surface area contributed by atoms with Gasteiger partial charge in [0.05, 0.1) is 18.9 Å². The van der Waals surface area contributed by atoms with Crippen LogP contribution in [-0.2, 0) is 16.1 Å². The molecule has 1 atom stereocenters. The number of hydrazone groups is 1. The Kier molecular flexibility index (Phi) is 5.11. The summed E-state index contributed by atoms with van der Waals surface area (Å²) in [5.41, 5.74) is 3.30. The smallest absolute Gasteiger partial charge is 0.227 e. The lowest BCUT2D eigenvalue weighted by molar-refractivity contribution is -0.109. The van der Waals surface area contributed by atoms with Crippen molar-refractivity contribution >= 4 is 12.6 Å². The zero-order chi connectivity index (χ0) is 10.9. The van der Waals surface area contributed by atoms with E-state index >= 15 is 0 Å². The predicted molar refractivity (Wildman–Crippen MR) is 58.4 cm³/mol. The Hall–Kier alpha value is -1.68. The molecule has 0 unspecified atom stereocenters. The van der Waals surface area contributed by atoms with Crippen LogP contribution in [0.1, 0.15) is 12.5 Å². The summed E-state index contributed by atoms with van der Waals surface area (Å²) in [4.78, 5) is 9.90. The molecule has 4 nitrogen and oxygen atoms in total. The number of hydrogen-bond donors (Lipinski definition) is 1. The number of rotatable bonds is 6. The molecule has 0 heterocycles. The highest BCUT2D eigenvalue weighted by molar-refractivity contribution is 5.63. The van der Waals surface area contributed by atoms with Gasteiger partial charge in [-0.1, -0.05) is 30.3 Å². The first-order valence-electron chi connectivity index (χ1n) is 4.71. The quantitative estimate of drug-likeness (QED) is 0.433. The van der Waals surface area contributed by atoms with Crippen LogP contribution in [0.2, 0.25) is 0 Å². The summed E-state index contributed by atoms with van der Waals surface area (Å²) in [5.74, 6) is 0. The zero-order valence-corrected chi connectivity index (χ0v) is 8.59. The molecule has 0 aliphatic rings. The Morgan fingerprint density at radius 3 is 2.87 bits per heavy atom. The molecule has 4 heteroatoms. The second-order valence-electron chi connectivity index (χ2n) is 3.03. The molecule has 0 bridgehead atoms. The second-order valence-corrected chi connectivity index (χ2v) is 3.03. The van der Waals surface area contributed by atoms with Crippen molar-refractivity contribution in [3.8, 4) is 0 Å². The van der Waals surface area contributed by atoms with Crippen LogP contribution < -0.4 is 5.43 Å². The van der Waals surface area contributed by atoms with Gasteiger partial charge in [-0.25, -0.2) is 5.43 Å². The number of amides is 1. The molecule has 1 aromatic rings. The third kappa shape index (κ3) is 4.93. The summed E-state index contributed by atoms with van der Waals surface area (Å²) in [6.45, 7) is 2.40. The fourth-order valence-corrected chi connectivity index (χ4v) is 1.02. The first kappa shape index (κ1) is 11.4. The minimum Gasteiger partial charge on any atom is -0.368 e. The van der Waals surface area contributed by atoms with Gasteiger partial charge in [-0.2, -0.15) is 5.10 Å². The lowest BCUT2D eigenvalue weighted by Gasteiger charge is -2.07. The van der Waals surface area contributed by atoms with Crippen LogP contribution in [-0.4, -0.2) is 18.7 Å². The summed E-state index contributed by atoms with van der Waals surface area (Å²) < 4.78 is 5.47. The number of nitrogens with one attached hydrogen (secondary N) is 1. The molecule has 80 valence electrons. The summed E-state index contributed by atoms with van der Waals surface area (Å²) >= 11 is 0. The molecule has 0 radical (unpaired) electrons. The zero-order valence-electron chi connectivity index (χ0n) is 8.59. The molecule has 0 aromatic heterocycles. The highest BCUT2D eigenvalue weighted by Crippen LogP contribution is 2.01. The van der Waals surface area contributed by atoms with Crippen molar-refractivity contribution in [2.75, 3.05) is 0 Å². The van der Waals surface area contributed by atoms with Crippen molar-refractivity contribution in [2.24, 2.45) is 5.10 Å². The topological polar surface area (TPSA) is 50.7 Å². The van der Waals surface area contributed by atoms with E-state index in [0.717, 1.165) is 5.56 Å². The second kappa shape index (κ2) is 6.73. The van der Waals surface area contributed by atoms with E-state index in [-0.39, 0.29) is 6.10 Å². The van der Waals surface area contributed by atoms with Gasteiger partial charge in [-0.05, 0) is 12.5 Å². The average molecular weight is 206 g/mol. The first-order chi connectivity index (χ1) is 7.33. The van der Waals surface area contributed by atoms with E-state index in [0.29, 0.717) is 13.0 Å². The number of benzene rings is 1. The fourth-order valence-electron chi connectivity index (χ4n) is 1.02. The third-order valence-electron chi connectivity index (χ3n) is 1.77. The summed E-state index contributed by atoms with van der Waals surface area (Å²) in [7, 11) is 0. The molecule has 1 aromatic carbocycles. The molecule has 1 N–H and O–H groups in total. The van der Waals surface area contributed by atoms with Crippen molar-refractivity contribution in [1.82, 2.24) is 5.43 Å². The molecule has 0 saturated heterocycles. The number of carbonyl (C=O) groups is 1. The summed E-state index contributed by atoms with van der Waals surface area (Å²) in [6, 6.07) is 9.88. The van der Waals surface area contributed by atoms with Crippen molar-refractivity contribution in [3.05, 3.63) is 35.9 Å². The summed E-state index contributed by atoms with van der Waals surface area (Å²) in [6.07, 6.45) is 1.93. The molecular formula is C11H14N2O2. The van der Waals surface area contributed by atoms with Gasteiger partial charge < -0.3 is 4.74 Å². The van der Waals surface area contributed by atoms with Crippen LogP contribution in [0.25, 0.3) is 0 Å². The maximum Gasteiger partial charge on any atom is 0.227 e. The average Bonchev–Trinajstić information content (AvgIpc) is 2.28.